The van der Waals surface area contributed by atoms with E-state index in [9.17, 15) is 13.2 Å². The van der Waals surface area contributed by atoms with E-state index < -0.39 is 15.9 Å². The van der Waals surface area contributed by atoms with Crippen LogP contribution in [0.4, 0.5) is 0 Å². The Morgan fingerprint density at radius 3 is 2.30 bits per heavy atom. The van der Waals surface area contributed by atoms with Crippen molar-refractivity contribution in [3.8, 4) is 5.75 Å². The summed E-state index contributed by atoms with van der Waals surface area (Å²) in [6.07, 6.45) is -0.0445. The monoisotopic (exact) mass is 492 g/mol. The minimum absolute atomic E-state index is 0.0735. The van der Waals surface area contributed by atoms with Gasteiger partial charge >= 0.3 is 0 Å². The maximum atomic E-state index is 13.4. The molecule has 2 aromatic carbocycles. The Labute approximate surface area is 185 Å². The van der Waals surface area contributed by atoms with Crippen LogP contribution in [0.2, 0.25) is 0 Å². The smallest absolute Gasteiger partial charge is 0.268 e. The summed E-state index contributed by atoms with van der Waals surface area (Å²) in [6.45, 7) is 2.50. The van der Waals surface area contributed by atoms with Gasteiger partial charge in [0, 0.05) is 37.8 Å². The van der Waals surface area contributed by atoms with E-state index in [2.05, 4.69) is 20.8 Å². The molecule has 2 unspecified atom stereocenters. The van der Waals surface area contributed by atoms with Crippen molar-refractivity contribution in [1.29, 1.82) is 0 Å². The molecule has 2 aliphatic rings. The zero-order chi connectivity index (χ0) is 21.1. The van der Waals surface area contributed by atoms with Crippen LogP contribution >= 0.6 is 15.9 Å². The molecule has 0 radical (unpaired) electrons. The summed E-state index contributed by atoms with van der Waals surface area (Å²) in [7, 11) is -2.91. The number of para-hydroxylation sites is 1. The second-order valence-electron chi connectivity index (χ2n) is 7.76. The average molecular weight is 493 g/mol. The molecule has 8 heteroatoms. The van der Waals surface area contributed by atoms with Crippen LogP contribution in [0.1, 0.15) is 18.1 Å². The number of hydrogen-bond donors (Lipinski definition) is 0. The van der Waals surface area contributed by atoms with Crippen molar-refractivity contribution in [1.82, 2.24) is 9.80 Å². The van der Waals surface area contributed by atoms with E-state index in [0.29, 0.717) is 38.3 Å². The number of sulfone groups is 1. The average Bonchev–Trinajstić information content (AvgIpc) is 3.13. The second kappa shape index (κ2) is 9.08. The number of halogens is 1. The first-order chi connectivity index (χ1) is 14.4. The molecule has 4 rings (SSSR count). The van der Waals surface area contributed by atoms with Crippen LogP contribution < -0.4 is 4.74 Å². The first kappa shape index (κ1) is 21.3. The highest BCUT2D eigenvalue weighted by atomic mass is 79.9. The molecule has 2 heterocycles. The van der Waals surface area contributed by atoms with E-state index in [0.717, 1.165) is 10.0 Å². The molecule has 1 amide bonds. The van der Waals surface area contributed by atoms with Crippen LogP contribution in [0.15, 0.2) is 59.1 Å². The third-order valence-electron chi connectivity index (χ3n) is 5.76. The van der Waals surface area contributed by atoms with Crippen LogP contribution in [0.5, 0.6) is 5.75 Å². The summed E-state index contributed by atoms with van der Waals surface area (Å²) in [4.78, 5) is 17.5. The molecule has 2 aliphatic heterocycles. The first-order valence-electron chi connectivity index (χ1n) is 10.1. The molecule has 2 fully saturated rings. The van der Waals surface area contributed by atoms with Crippen molar-refractivity contribution < 1.29 is 17.9 Å². The summed E-state index contributed by atoms with van der Waals surface area (Å²) >= 11 is 3.49. The number of piperazine rings is 1. The highest BCUT2D eigenvalue weighted by Gasteiger charge is 2.36. The van der Waals surface area contributed by atoms with E-state index in [1.165, 1.54) is 0 Å². The fourth-order valence-corrected chi connectivity index (χ4v) is 6.23. The molecule has 160 valence electrons. The Balaban J connectivity index is 1.47. The number of amides is 1. The molecule has 2 atom stereocenters. The topological polar surface area (TPSA) is 66.9 Å². The minimum atomic E-state index is -2.91. The van der Waals surface area contributed by atoms with Crippen molar-refractivity contribution in [2.75, 3.05) is 37.7 Å². The van der Waals surface area contributed by atoms with Gasteiger partial charge < -0.3 is 9.64 Å². The molecule has 0 N–H and O–H groups in total. The Morgan fingerprint density at radius 2 is 1.67 bits per heavy atom. The lowest BCUT2D eigenvalue weighted by atomic mass is 10.1. The number of hydrogen-bond acceptors (Lipinski definition) is 5. The van der Waals surface area contributed by atoms with E-state index in [1.54, 1.807) is 0 Å². The second-order valence-corrected chi connectivity index (χ2v) is 10.8. The normalized spacial score (nSPS) is 22.6. The maximum absolute atomic E-state index is 13.4. The quantitative estimate of drug-likeness (QED) is 0.641. The van der Waals surface area contributed by atoms with E-state index in [4.69, 9.17) is 4.74 Å². The van der Waals surface area contributed by atoms with Crippen LogP contribution in [-0.2, 0) is 14.6 Å². The minimum Gasteiger partial charge on any atom is -0.475 e. The summed E-state index contributed by atoms with van der Waals surface area (Å²) in [6, 6.07) is 17.1. The molecule has 30 heavy (non-hydrogen) atoms. The number of rotatable bonds is 5. The molecule has 0 bridgehead atoms. The largest absolute Gasteiger partial charge is 0.475 e. The molecule has 2 saturated heterocycles. The van der Waals surface area contributed by atoms with Crippen molar-refractivity contribution in [3.63, 3.8) is 0 Å². The summed E-state index contributed by atoms with van der Waals surface area (Å²) in [5.74, 6) is 1.05. The fourth-order valence-electron chi connectivity index (χ4n) is 4.09. The predicted molar refractivity (Wildman–Crippen MR) is 119 cm³/mol. The van der Waals surface area contributed by atoms with Gasteiger partial charge in [0.05, 0.1) is 16.0 Å². The van der Waals surface area contributed by atoms with Gasteiger partial charge in [0.25, 0.3) is 5.91 Å². The zero-order valence-corrected chi connectivity index (χ0v) is 19.0. The molecule has 0 aliphatic carbocycles. The first-order valence-corrected chi connectivity index (χ1v) is 12.7. The van der Waals surface area contributed by atoms with Crippen LogP contribution in [0, 0.1) is 0 Å². The predicted octanol–water partition coefficient (Wildman–Crippen LogP) is 2.90. The van der Waals surface area contributed by atoms with Crippen molar-refractivity contribution >= 4 is 31.7 Å². The van der Waals surface area contributed by atoms with Gasteiger partial charge in [0.15, 0.2) is 9.84 Å². The van der Waals surface area contributed by atoms with Crippen LogP contribution in [0.3, 0.4) is 0 Å². The third-order valence-corrected chi connectivity index (χ3v) is 8.16. The van der Waals surface area contributed by atoms with Gasteiger partial charge in [-0.3, -0.25) is 9.69 Å². The van der Waals surface area contributed by atoms with Crippen molar-refractivity contribution in [2.24, 2.45) is 0 Å². The Hall–Kier alpha value is -1.90. The van der Waals surface area contributed by atoms with Gasteiger partial charge in [-0.25, -0.2) is 8.42 Å². The third kappa shape index (κ3) is 4.87. The van der Waals surface area contributed by atoms with Crippen LogP contribution in [0.25, 0.3) is 0 Å². The summed E-state index contributed by atoms with van der Waals surface area (Å²) < 4.78 is 30.6. The number of ether oxygens (including phenoxy) is 1. The SMILES string of the molecule is O=C(C(Oc1ccccc1Br)c1ccccc1)N1CCN(C2CCS(=O)(=O)C2)CC1. The van der Waals surface area contributed by atoms with Crippen molar-refractivity contribution in [2.45, 2.75) is 18.6 Å². The Morgan fingerprint density at radius 1 is 1.00 bits per heavy atom. The fraction of sp³-hybridized carbons (Fsp3) is 0.409. The van der Waals surface area contributed by atoms with Gasteiger partial charge in [0.1, 0.15) is 5.75 Å². The molecular weight excluding hydrogens is 468 g/mol. The van der Waals surface area contributed by atoms with Gasteiger partial charge in [-0.15, -0.1) is 0 Å². The zero-order valence-electron chi connectivity index (χ0n) is 16.6. The lowest BCUT2D eigenvalue weighted by Gasteiger charge is -2.38. The molecule has 0 aromatic heterocycles. The standard InChI is InChI=1S/C22H25BrN2O4S/c23-19-8-4-5-9-20(19)29-21(17-6-2-1-3-7-17)22(26)25-13-11-24(12-14-25)18-10-15-30(27,28)16-18/h1-9,18,21H,10-16H2. The van der Waals surface area contributed by atoms with Gasteiger partial charge in [-0.2, -0.15) is 0 Å². The van der Waals surface area contributed by atoms with Gasteiger partial charge in [0.2, 0.25) is 6.10 Å². The maximum Gasteiger partial charge on any atom is 0.268 e. The number of nitrogens with zero attached hydrogens (tertiary/aromatic N) is 2. The summed E-state index contributed by atoms with van der Waals surface area (Å²) in [5.41, 5.74) is 0.808. The molecule has 2 aromatic rings. The Bertz CT molecular complexity index is 991. The van der Waals surface area contributed by atoms with Gasteiger partial charge in [-0.05, 0) is 34.5 Å². The number of carbonyl (C=O) groups excluding carboxylic acids is 1. The highest BCUT2D eigenvalue weighted by molar-refractivity contribution is 9.10. The molecule has 0 saturated carbocycles. The van der Waals surface area contributed by atoms with Gasteiger partial charge in [-0.1, -0.05) is 42.5 Å². The molecule has 6 nitrogen and oxygen atoms in total. The molecule has 0 spiro atoms. The lowest BCUT2D eigenvalue weighted by Crippen LogP contribution is -2.53. The highest BCUT2D eigenvalue weighted by Crippen LogP contribution is 2.30. The lowest BCUT2D eigenvalue weighted by molar-refractivity contribution is -0.141. The number of carbonyl (C=O) groups is 1. The van der Waals surface area contributed by atoms with E-state index in [1.807, 2.05) is 59.5 Å². The van der Waals surface area contributed by atoms with E-state index in [-0.39, 0.29) is 23.5 Å². The summed E-state index contributed by atoms with van der Waals surface area (Å²) in [5, 5.41) is 0. The number of benzene rings is 2. The van der Waals surface area contributed by atoms with Crippen molar-refractivity contribution in [3.05, 3.63) is 64.6 Å². The molecular formula is C22H25BrN2O4S. The Kier molecular flexibility index (Phi) is 6.46. The van der Waals surface area contributed by atoms with Crippen LogP contribution in [-0.4, -0.2) is 67.9 Å². The van der Waals surface area contributed by atoms with E-state index >= 15 is 0 Å².